The van der Waals surface area contributed by atoms with Crippen LogP contribution in [0.4, 0.5) is 17.5 Å². The SMILES string of the molecule is Nc1nc(N)c2nc(CN3CCSc4cc(C(=O)N[C@@H](CCC(=O)O)C(=O)O)ccc43)cnc2n1. The average molecular weight is 499 g/mol. The molecule has 0 saturated heterocycles. The van der Waals surface area contributed by atoms with E-state index in [2.05, 4.69) is 30.2 Å². The lowest BCUT2D eigenvalue weighted by Gasteiger charge is -2.31. The van der Waals surface area contributed by atoms with Gasteiger partial charge in [-0.1, -0.05) is 0 Å². The van der Waals surface area contributed by atoms with Crippen molar-refractivity contribution in [2.45, 2.75) is 30.3 Å². The van der Waals surface area contributed by atoms with Crippen molar-refractivity contribution >= 4 is 58.2 Å². The number of amides is 1. The van der Waals surface area contributed by atoms with E-state index in [4.69, 9.17) is 16.6 Å². The summed E-state index contributed by atoms with van der Waals surface area (Å²) < 4.78 is 0. The summed E-state index contributed by atoms with van der Waals surface area (Å²) in [6, 6.07) is 3.79. The topological polar surface area (TPSA) is 211 Å². The van der Waals surface area contributed by atoms with Crippen LogP contribution in [0, 0.1) is 0 Å². The second kappa shape index (κ2) is 9.97. The largest absolute Gasteiger partial charge is 0.481 e. The molecule has 2 aromatic heterocycles. The van der Waals surface area contributed by atoms with Crippen molar-refractivity contribution < 1.29 is 24.6 Å². The van der Waals surface area contributed by atoms with Crippen molar-refractivity contribution in [2.24, 2.45) is 0 Å². The summed E-state index contributed by atoms with van der Waals surface area (Å²) in [4.78, 5) is 54.5. The zero-order valence-corrected chi connectivity index (χ0v) is 19.2. The molecule has 182 valence electrons. The van der Waals surface area contributed by atoms with Crippen LogP contribution in [0.3, 0.4) is 0 Å². The van der Waals surface area contributed by atoms with Crippen LogP contribution in [0.1, 0.15) is 28.9 Å². The van der Waals surface area contributed by atoms with Crippen molar-refractivity contribution in [1.29, 1.82) is 0 Å². The molecule has 1 atom stereocenters. The van der Waals surface area contributed by atoms with Gasteiger partial charge in [0.15, 0.2) is 17.0 Å². The third-order valence-electron chi connectivity index (χ3n) is 5.29. The van der Waals surface area contributed by atoms with Crippen LogP contribution in [0.5, 0.6) is 0 Å². The molecule has 3 aromatic rings. The summed E-state index contributed by atoms with van der Waals surface area (Å²) in [5.41, 5.74) is 14.0. The molecular weight excluding hydrogens is 476 g/mol. The first-order valence-corrected chi connectivity index (χ1v) is 11.5. The number of carbonyl (C=O) groups is 3. The summed E-state index contributed by atoms with van der Waals surface area (Å²) in [7, 11) is 0. The molecule has 0 fully saturated rings. The summed E-state index contributed by atoms with van der Waals surface area (Å²) in [6.07, 6.45) is 1.02. The fraction of sp³-hybridized carbons (Fsp3) is 0.286. The number of carboxylic acid groups (broad SMARTS) is 2. The van der Waals surface area contributed by atoms with Gasteiger partial charge in [-0.25, -0.2) is 14.8 Å². The molecule has 0 radical (unpaired) electrons. The van der Waals surface area contributed by atoms with Gasteiger partial charge in [0.2, 0.25) is 5.95 Å². The molecule has 1 amide bonds. The van der Waals surface area contributed by atoms with Crippen molar-refractivity contribution in [2.75, 3.05) is 28.7 Å². The first-order valence-electron chi connectivity index (χ1n) is 10.5. The number of aromatic nitrogens is 4. The van der Waals surface area contributed by atoms with Crippen LogP contribution < -0.4 is 21.7 Å². The smallest absolute Gasteiger partial charge is 0.326 e. The van der Waals surface area contributed by atoms with Crippen LogP contribution in [-0.2, 0) is 16.1 Å². The highest BCUT2D eigenvalue weighted by Crippen LogP contribution is 2.36. The lowest BCUT2D eigenvalue weighted by atomic mass is 10.1. The van der Waals surface area contributed by atoms with Crippen LogP contribution in [0.15, 0.2) is 29.3 Å². The molecule has 4 rings (SSSR count). The summed E-state index contributed by atoms with van der Waals surface area (Å²) in [5.74, 6) is -2.07. The lowest BCUT2D eigenvalue weighted by molar-refractivity contribution is -0.140. The number of anilines is 3. The van der Waals surface area contributed by atoms with Crippen molar-refractivity contribution in [3.63, 3.8) is 0 Å². The quantitative estimate of drug-likeness (QED) is 0.290. The van der Waals surface area contributed by atoms with Crippen LogP contribution in [0.2, 0.25) is 0 Å². The van der Waals surface area contributed by atoms with E-state index in [9.17, 15) is 19.5 Å². The number of carbonyl (C=O) groups excluding carboxylic acids is 1. The van der Waals surface area contributed by atoms with Crippen LogP contribution >= 0.6 is 11.8 Å². The van der Waals surface area contributed by atoms with E-state index < -0.39 is 23.9 Å². The van der Waals surface area contributed by atoms with E-state index >= 15 is 0 Å². The molecular formula is C21H22N8O5S. The molecule has 0 unspecified atom stereocenters. The minimum atomic E-state index is -1.29. The van der Waals surface area contributed by atoms with Gasteiger partial charge in [-0.15, -0.1) is 11.8 Å². The summed E-state index contributed by atoms with van der Waals surface area (Å²) in [5, 5.41) is 20.5. The van der Waals surface area contributed by atoms with Gasteiger partial charge in [-0.2, -0.15) is 9.97 Å². The molecule has 1 aromatic carbocycles. The van der Waals surface area contributed by atoms with E-state index in [-0.39, 0.29) is 30.2 Å². The normalized spacial score (nSPS) is 13.8. The minimum Gasteiger partial charge on any atom is -0.481 e. The summed E-state index contributed by atoms with van der Waals surface area (Å²) in [6.45, 7) is 1.16. The first kappa shape index (κ1) is 23.9. The Kier molecular flexibility index (Phi) is 6.82. The maximum atomic E-state index is 12.6. The second-order valence-corrected chi connectivity index (χ2v) is 8.89. The standard InChI is InChI=1S/C21H22N8O5S/c22-17-16-18(28-21(23)27-17)24-8-11(25-16)9-29-5-6-35-14-7-10(1-3-13(14)29)19(32)26-12(20(33)34)2-4-15(30)31/h1,3,7-8,12H,2,4-6,9H2,(H,26,32)(H,30,31)(H,33,34)(H4,22,23,24,27,28)/t12-/m0/s1. The van der Waals surface area contributed by atoms with Crippen molar-refractivity contribution in [3.05, 3.63) is 35.7 Å². The number of benzene rings is 1. The molecule has 0 aliphatic carbocycles. The van der Waals surface area contributed by atoms with E-state index in [0.29, 0.717) is 23.4 Å². The van der Waals surface area contributed by atoms with Gasteiger partial charge in [0, 0.05) is 29.2 Å². The Balaban J connectivity index is 1.51. The van der Waals surface area contributed by atoms with Gasteiger partial charge >= 0.3 is 11.9 Å². The first-order chi connectivity index (χ1) is 16.7. The van der Waals surface area contributed by atoms with E-state index in [1.165, 1.54) is 0 Å². The number of thioether (sulfide) groups is 1. The number of aliphatic carboxylic acids is 2. The fourth-order valence-electron chi connectivity index (χ4n) is 3.60. The van der Waals surface area contributed by atoms with Crippen molar-refractivity contribution in [3.8, 4) is 0 Å². The Labute approximate surface area is 203 Å². The number of carboxylic acids is 2. The number of nitrogens with zero attached hydrogens (tertiary/aromatic N) is 5. The average Bonchev–Trinajstić information content (AvgIpc) is 2.81. The lowest BCUT2D eigenvalue weighted by Crippen LogP contribution is -2.41. The molecule has 3 heterocycles. The number of nitrogen functional groups attached to an aromatic ring is 2. The Hall–Kier alpha value is -4.20. The van der Waals surface area contributed by atoms with Gasteiger partial charge < -0.3 is 31.9 Å². The molecule has 1 aliphatic heterocycles. The Morgan fingerprint density at radius 2 is 1.97 bits per heavy atom. The maximum absolute atomic E-state index is 12.6. The number of nitrogens with two attached hydrogens (primary N) is 2. The van der Waals surface area contributed by atoms with Gasteiger partial charge in [0.05, 0.1) is 24.1 Å². The molecule has 0 spiro atoms. The van der Waals surface area contributed by atoms with Gasteiger partial charge in [-0.3, -0.25) is 9.59 Å². The van der Waals surface area contributed by atoms with Crippen LogP contribution in [-0.4, -0.2) is 66.3 Å². The van der Waals surface area contributed by atoms with E-state index in [1.54, 1.807) is 36.2 Å². The highest BCUT2D eigenvalue weighted by molar-refractivity contribution is 7.99. The second-order valence-electron chi connectivity index (χ2n) is 7.75. The molecule has 0 saturated carbocycles. The monoisotopic (exact) mass is 498 g/mol. The van der Waals surface area contributed by atoms with Gasteiger partial charge in [-0.05, 0) is 24.6 Å². The zero-order valence-electron chi connectivity index (χ0n) is 18.3. The molecule has 7 N–H and O–H groups in total. The number of hydrogen-bond acceptors (Lipinski definition) is 11. The van der Waals surface area contributed by atoms with Crippen molar-refractivity contribution in [1.82, 2.24) is 25.3 Å². The number of nitrogens with one attached hydrogen (secondary N) is 1. The number of rotatable bonds is 8. The summed E-state index contributed by atoms with van der Waals surface area (Å²) >= 11 is 1.57. The van der Waals surface area contributed by atoms with E-state index in [0.717, 1.165) is 22.9 Å². The predicted molar refractivity (Wildman–Crippen MR) is 128 cm³/mol. The zero-order chi connectivity index (χ0) is 25.1. The molecule has 13 nitrogen and oxygen atoms in total. The highest BCUT2D eigenvalue weighted by atomic mass is 32.2. The molecule has 35 heavy (non-hydrogen) atoms. The third kappa shape index (κ3) is 5.48. The fourth-order valence-corrected chi connectivity index (χ4v) is 4.69. The number of hydrogen-bond donors (Lipinski definition) is 5. The van der Waals surface area contributed by atoms with Crippen LogP contribution in [0.25, 0.3) is 11.2 Å². The molecule has 0 bridgehead atoms. The Morgan fingerprint density at radius 3 is 2.71 bits per heavy atom. The Morgan fingerprint density at radius 1 is 1.17 bits per heavy atom. The van der Waals surface area contributed by atoms with E-state index in [1.807, 2.05) is 0 Å². The van der Waals surface area contributed by atoms with Gasteiger partial charge in [0.25, 0.3) is 5.91 Å². The molecule has 1 aliphatic rings. The highest BCUT2D eigenvalue weighted by Gasteiger charge is 2.24. The maximum Gasteiger partial charge on any atom is 0.326 e. The minimum absolute atomic E-state index is 0.0236. The Bertz CT molecular complexity index is 1320. The molecule has 14 heteroatoms. The number of fused-ring (bicyclic) bond motifs is 2. The van der Waals surface area contributed by atoms with Gasteiger partial charge in [0.1, 0.15) is 6.04 Å². The predicted octanol–water partition coefficient (Wildman–Crippen LogP) is 0.744. The third-order valence-corrected chi connectivity index (χ3v) is 6.31.